The van der Waals surface area contributed by atoms with E-state index in [1.807, 2.05) is 48.5 Å². The summed E-state index contributed by atoms with van der Waals surface area (Å²) >= 11 is 0. The van der Waals surface area contributed by atoms with E-state index >= 15 is 0 Å². The molecule has 0 aliphatic rings. The molecule has 4 heteroatoms. The van der Waals surface area contributed by atoms with Crippen LogP contribution >= 0.6 is 0 Å². The van der Waals surface area contributed by atoms with E-state index in [-0.39, 0.29) is 11.3 Å². The van der Waals surface area contributed by atoms with E-state index in [1.54, 1.807) is 14.0 Å². The fraction of sp³-hybridized carbons (Fsp3) is 0.409. The Balaban J connectivity index is 1.84. The van der Waals surface area contributed by atoms with E-state index < -0.39 is 6.10 Å². The van der Waals surface area contributed by atoms with Crippen molar-refractivity contribution in [2.45, 2.75) is 45.6 Å². The maximum Gasteiger partial charge on any atom is 0.260 e. The van der Waals surface area contributed by atoms with Gasteiger partial charge >= 0.3 is 0 Å². The molecular formula is C22H29NO3. The molecule has 0 aliphatic carbocycles. The van der Waals surface area contributed by atoms with Crippen LogP contribution in [0, 0.1) is 0 Å². The molecule has 1 N–H and O–H groups in total. The van der Waals surface area contributed by atoms with Gasteiger partial charge in [-0.2, -0.15) is 0 Å². The zero-order valence-electron chi connectivity index (χ0n) is 16.3. The van der Waals surface area contributed by atoms with Crippen molar-refractivity contribution in [2.24, 2.45) is 0 Å². The van der Waals surface area contributed by atoms with Crippen LogP contribution in [0.15, 0.2) is 48.5 Å². The van der Waals surface area contributed by atoms with Crippen molar-refractivity contribution >= 4 is 5.91 Å². The van der Waals surface area contributed by atoms with E-state index in [1.165, 1.54) is 5.56 Å². The Hall–Kier alpha value is -2.49. The largest absolute Gasteiger partial charge is 0.496 e. The number of carbonyl (C=O) groups excluding carboxylic acids is 1. The Morgan fingerprint density at radius 3 is 2.35 bits per heavy atom. The summed E-state index contributed by atoms with van der Waals surface area (Å²) in [6.45, 7) is 8.80. The van der Waals surface area contributed by atoms with Gasteiger partial charge in [0.1, 0.15) is 11.5 Å². The first-order chi connectivity index (χ1) is 12.3. The zero-order valence-corrected chi connectivity index (χ0v) is 16.3. The van der Waals surface area contributed by atoms with E-state index in [4.69, 9.17) is 9.47 Å². The third-order valence-electron chi connectivity index (χ3n) is 4.29. The van der Waals surface area contributed by atoms with Gasteiger partial charge in [0.05, 0.1) is 7.11 Å². The zero-order chi connectivity index (χ0) is 19.2. The SMILES string of the molecule is COc1ccccc1CCNC(=O)C(C)Oc1ccc(C(C)(C)C)cc1. The number of methoxy groups -OCH3 is 1. The number of nitrogens with one attached hydrogen (secondary N) is 1. The predicted octanol–water partition coefficient (Wildman–Crippen LogP) is 4.12. The molecule has 0 fully saturated rings. The number of rotatable bonds is 7. The van der Waals surface area contributed by atoms with Crippen molar-refractivity contribution in [1.29, 1.82) is 0 Å². The molecule has 1 atom stereocenters. The van der Waals surface area contributed by atoms with Gasteiger partial charge in [0.15, 0.2) is 6.10 Å². The summed E-state index contributed by atoms with van der Waals surface area (Å²) in [5.74, 6) is 1.41. The molecular weight excluding hydrogens is 326 g/mol. The predicted molar refractivity (Wildman–Crippen MR) is 105 cm³/mol. The Morgan fingerprint density at radius 1 is 1.08 bits per heavy atom. The number of ether oxygens (including phenoxy) is 2. The summed E-state index contributed by atoms with van der Waals surface area (Å²) in [6.07, 6.45) is 0.163. The minimum Gasteiger partial charge on any atom is -0.496 e. The van der Waals surface area contributed by atoms with Gasteiger partial charge in [0, 0.05) is 6.54 Å². The summed E-state index contributed by atoms with van der Waals surface area (Å²) in [6, 6.07) is 15.7. The van der Waals surface area contributed by atoms with Crippen LogP contribution < -0.4 is 14.8 Å². The monoisotopic (exact) mass is 355 g/mol. The minimum absolute atomic E-state index is 0.0972. The number of carbonyl (C=O) groups is 1. The molecule has 0 heterocycles. The quantitative estimate of drug-likeness (QED) is 0.813. The first kappa shape index (κ1) is 19.8. The van der Waals surface area contributed by atoms with Crippen molar-refractivity contribution in [3.8, 4) is 11.5 Å². The lowest BCUT2D eigenvalue weighted by atomic mass is 9.87. The normalized spacial score (nSPS) is 12.3. The molecule has 2 rings (SSSR count). The molecule has 2 aromatic carbocycles. The van der Waals surface area contributed by atoms with Crippen LogP contribution in [0.4, 0.5) is 0 Å². The molecule has 0 saturated carbocycles. The van der Waals surface area contributed by atoms with Gasteiger partial charge in [0.2, 0.25) is 0 Å². The standard InChI is InChI=1S/C22H29NO3/c1-16(26-19-12-10-18(11-13-19)22(2,3)4)21(24)23-15-14-17-8-6-7-9-20(17)25-5/h6-13,16H,14-15H2,1-5H3,(H,23,24). The lowest BCUT2D eigenvalue weighted by molar-refractivity contribution is -0.127. The number of benzene rings is 2. The molecule has 0 bridgehead atoms. The van der Waals surface area contributed by atoms with E-state index in [0.717, 1.165) is 11.3 Å². The average molecular weight is 355 g/mol. The molecule has 0 saturated heterocycles. The number of amides is 1. The van der Waals surface area contributed by atoms with Gasteiger partial charge < -0.3 is 14.8 Å². The highest BCUT2D eigenvalue weighted by Crippen LogP contribution is 2.24. The Morgan fingerprint density at radius 2 is 1.73 bits per heavy atom. The van der Waals surface area contributed by atoms with E-state index in [9.17, 15) is 4.79 Å². The molecule has 0 spiro atoms. The van der Waals surface area contributed by atoms with Crippen LogP contribution in [0.25, 0.3) is 0 Å². The fourth-order valence-electron chi connectivity index (χ4n) is 2.66. The smallest absolute Gasteiger partial charge is 0.260 e. The first-order valence-corrected chi connectivity index (χ1v) is 8.98. The third kappa shape index (κ3) is 5.51. The van der Waals surface area contributed by atoms with Gasteiger partial charge in [-0.3, -0.25) is 4.79 Å². The Labute approximate surface area is 156 Å². The molecule has 140 valence electrons. The number of hydrogen-bond donors (Lipinski definition) is 1. The second-order valence-corrected chi connectivity index (χ2v) is 7.39. The van der Waals surface area contributed by atoms with Crippen molar-refractivity contribution in [3.63, 3.8) is 0 Å². The molecule has 2 aromatic rings. The molecule has 0 aliphatic heterocycles. The van der Waals surface area contributed by atoms with Crippen LogP contribution in [0.2, 0.25) is 0 Å². The van der Waals surface area contributed by atoms with Crippen LogP contribution in [0.3, 0.4) is 0 Å². The highest BCUT2D eigenvalue weighted by Gasteiger charge is 2.16. The van der Waals surface area contributed by atoms with Crippen LogP contribution in [0.1, 0.15) is 38.8 Å². The van der Waals surface area contributed by atoms with Gasteiger partial charge in [-0.25, -0.2) is 0 Å². The summed E-state index contributed by atoms with van der Waals surface area (Å²) in [5.41, 5.74) is 2.40. The van der Waals surface area contributed by atoms with Gasteiger partial charge in [-0.05, 0) is 48.1 Å². The van der Waals surface area contributed by atoms with Crippen LogP contribution in [-0.2, 0) is 16.6 Å². The summed E-state index contributed by atoms with van der Waals surface area (Å²) in [5, 5.41) is 2.92. The fourth-order valence-corrected chi connectivity index (χ4v) is 2.66. The lowest BCUT2D eigenvalue weighted by Crippen LogP contribution is -2.37. The molecule has 4 nitrogen and oxygen atoms in total. The molecule has 0 aromatic heterocycles. The second-order valence-electron chi connectivity index (χ2n) is 7.39. The van der Waals surface area contributed by atoms with Crippen LogP contribution in [0.5, 0.6) is 11.5 Å². The first-order valence-electron chi connectivity index (χ1n) is 8.98. The van der Waals surface area contributed by atoms with Gasteiger partial charge in [-0.1, -0.05) is 51.1 Å². The van der Waals surface area contributed by atoms with E-state index in [2.05, 4.69) is 26.1 Å². The highest BCUT2D eigenvalue weighted by atomic mass is 16.5. The number of hydrogen-bond acceptors (Lipinski definition) is 3. The minimum atomic E-state index is -0.548. The second kappa shape index (κ2) is 8.75. The summed E-state index contributed by atoms with van der Waals surface area (Å²) < 4.78 is 11.1. The van der Waals surface area contributed by atoms with Crippen molar-refractivity contribution in [2.75, 3.05) is 13.7 Å². The van der Waals surface area contributed by atoms with Crippen molar-refractivity contribution in [3.05, 3.63) is 59.7 Å². The van der Waals surface area contributed by atoms with Crippen molar-refractivity contribution in [1.82, 2.24) is 5.32 Å². The molecule has 1 amide bonds. The number of para-hydroxylation sites is 1. The lowest BCUT2D eigenvalue weighted by Gasteiger charge is -2.20. The van der Waals surface area contributed by atoms with E-state index in [0.29, 0.717) is 18.7 Å². The van der Waals surface area contributed by atoms with Gasteiger partial charge in [-0.15, -0.1) is 0 Å². The molecule has 1 unspecified atom stereocenters. The summed E-state index contributed by atoms with van der Waals surface area (Å²) in [7, 11) is 1.65. The maximum atomic E-state index is 12.3. The highest BCUT2D eigenvalue weighted by molar-refractivity contribution is 5.80. The van der Waals surface area contributed by atoms with Crippen LogP contribution in [-0.4, -0.2) is 25.7 Å². The topological polar surface area (TPSA) is 47.6 Å². The third-order valence-corrected chi connectivity index (χ3v) is 4.29. The average Bonchev–Trinajstić information content (AvgIpc) is 2.61. The maximum absolute atomic E-state index is 12.3. The molecule has 0 radical (unpaired) electrons. The Bertz CT molecular complexity index is 717. The van der Waals surface area contributed by atoms with Crippen molar-refractivity contribution < 1.29 is 14.3 Å². The molecule has 26 heavy (non-hydrogen) atoms. The summed E-state index contributed by atoms with van der Waals surface area (Å²) in [4.78, 5) is 12.3. The van der Waals surface area contributed by atoms with Gasteiger partial charge in [0.25, 0.3) is 5.91 Å². The Kier molecular flexibility index (Phi) is 6.67.